The lowest BCUT2D eigenvalue weighted by Gasteiger charge is -2.23. The fourth-order valence-electron chi connectivity index (χ4n) is 1.26. The van der Waals surface area contributed by atoms with Crippen molar-refractivity contribution in [1.82, 2.24) is 5.32 Å². The topological polar surface area (TPSA) is 107 Å². The van der Waals surface area contributed by atoms with Crippen molar-refractivity contribution in [2.24, 2.45) is 0 Å². The molecule has 0 amide bonds. The number of hydrogen-bond donors (Lipinski definition) is 4. The first-order valence-corrected chi connectivity index (χ1v) is 6.56. The molecule has 1 aromatic carbocycles. The van der Waals surface area contributed by atoms with E-state index in [0.29, 0.717) is 11.6 Å². The Morgan fingerprint density at radius 1 is 1.19 bits per heavy atom. The van der Waals surface area contributed by atoms with Gasteiger partial charge < -0.3 is 20.6 Å². The van der Waals surface area contributed by atoms with Gasteiger partial charge in [0, 0.05) is 22.7 Å². The molecule has 0 aromatic heterocycles. The molecule has 1 rings (SSSR count). The van der Waals surface area contributed by atoms with Crippen LogP contribution in [-0.4, -0.2) is 39.3 Å². The van der Waals surface area contributed by atoms with Crippen LogP contribution in [0.15, 0.2) is 24.3 Å². The summed E-state index contributed by atoms with van der Waals surface area (Å²) in [5.74, 6) is -3.65. The molecule has 21 heavy (non-hydrogen) atoms. The number of aliphatic hydroxyl groups is 1. The van der Waals surface area contributed by atoms with Crippen LogP contribution >= 0.6 is 11.6 Å². The first-order valence-electron chi connectivity index (χ1n) is 6.18. The molecule has 0 saturated heterocycles. The molecule has 6 nitrogen and oxygen atoms in total. The van der Waals surface area contributed by atoms with Crippen molar-refractivity contribution >= 4 is 23.5 Å². The van der Waals surface area contributed by atoms with Gasteiger partial charge in [0.1, 0.15) is 0 Å². The Hall–Kier alpha value is -1.63. The minimum atomic E-state index is -1.82. The highest BCUT2D eigenvalue weighted by Gasteiger charge is 2.15. The lowest BCUT2D eigenvalue weighted by atomic mass is 10.1. The van der Waals surface area contributed by atoms with Crippen molar-refractivity contribution in [3.05, 3.63) is 34.9 Å². The molecule has 1 aromatic rings. The number of rotatable bonds is 3. The zero-order valence-corrected chi connectivity index (χ0v) is 12.9. The van der Waals surface area contributed by atoms with Crippen molar-refractivity contribution in [3.8, 4) is 0 Å². The third-order valence-corrected chi connectivity index (χ3v) is 2.62. The van der Waals surface area contributed by atoms with Crippen LogP contribution in [0.1, 0.15) is 32.4 Å². The number of carbonyl (C=O) groups is 2. The predicted molar refractivity (Wildman–Crippen MR) is 79.4 cm³/mol. The lowest BCUT2D eigenvalue weighted by Crippen LogP contribution is -2.38. The summed E-state index contributed by atoms with van der Waals surface area (Å²) in [7, 11) is 0. The van der Waals surface area contributed by atoms with E-state index in [9.17, 15) is 5.11 Å². The Bertz CT molecular complexity index is 472. The molecule has 0 fully saturated rings. The zero-order valence-electron chi connectivity index (χ0n) is 12.1. The normalized spacial score (nSPS) is 12.0. The largest absolute Gasteiger partial charge is 0.473 e. The third-order valence-electron chi connectivity index (χ3n) is 2.27. The van der Waals surface area contributed by atoms with E-state index in [2.05, 4.69) is 26.1 Å². The molecule has 0 heterocycles. The first-order chi connectivity index (χ1) is 9.54. The maximum absolute atomic E-state index is 9.92. The molecule has 4 N–H and O–H groups in total. The van der Waals surface area contributed by atoms with Crippen LogP contribution in [0.4, 0.5) is 0 Å². The van der Waals surface area contributed by atoms with Crippen LogP contribution in [0.25, 0.3) is 0 Å². The van der Waals surface area contributed by atoms with E-state index >= 15 is 0 Å². The number of aliphatic hydroxyl groups excluding tert-OH is 1. The van der Waals surface area contributed by atoms with E-state index in [1.165, 1.54) is 0 Å². The van der Waals surface area contributed by atoms with Crippen molar-refractivity contribution in [1.29, 1.82) is 0 Å². The quantitative estimate of drug-likeness (QED) is 0.634. The van der Waals surface area contributed by atoms with Crippen molar-refractivity contribution in [2.75, 3.05) is 6.54 Å². The highest BCUT2D eigenvalue weighted by molar-refractivity contribution is 6.31. The summed E-state index contributed by atoms with van der Waals surface area (Å²) in [5, 5.41) is 28.6. The van der Waals surface area contributed by atoms with Gasteiger partial charge in [0.15, 0.2) is 0 Å². The zero-order chi connectivity index (χ0) is 16.6. The van der Waals surface area contributed by atoms with Crippen LogP contribution in [-0.2, 0) is 9.59 Å². The van der Waals surface area contributed by atoms with Crippen LogP contribution < -0.4 is 5.32 Å². The van der Waals surface area contributed by atoms with Gasteiger partial charge in [0.2, 0.25) is 0 Å². The Morgan fingerprint density at radius 2 is 1.67 bits per heavy atom. The second-order valence-corrected chi connectivity index (χ2v) is 5.69. The highest BCUT2D eigenvalue weighted by Crippen LogP contribution is 2.22. The van der Waals surface area contributed by atoms with E-state index in [1.54, 1.807) is 6.07 Å². The third kappa shape index (κ3) is 9.01. The number of nitrogens with one attached hydrogen (secondary N) is 1. The molecular formula is C14H20ClNO5. The molecule has 0 bridgehead atoms. The molecule has 0 saturated carbocycles. The van der Waals surface area contributed by atoms with Gasteiger partial charge in [0.05, 0.1) is 6.10 Å². The van der Waals surface area contributed by atoms with Gasteiger partial charge in [-0.05, 0) is 26.8 Å². The summed E-state index contributed by atoms with van der Waals surface area (Å²) in [6.07, 6.45) is -0.557. The average Bonchev–Trinajstić information content (AvgIpc) is 2.36. The Kier molecular flexibility index (Phi) is 7.94. The molecule has 1 atom stereocenters. The Balaban J connectivity index is 0.000000567. The predicted octanol–water partition coefficient (Wildman–Crippen LogP) is 1.92. The summed E-state index contributed by atoms with van der Waals surface area (Å²) < 4.78 is 0. The van der Waals surface area contributed by atoms with Gasteiger partial charge in [-0.2, -0.15) is 0 Å². The van der Waals surface area contributed by atoms with Crippen LogP contribution in [0, 0.1) is 0 Å². The average molecular weight is 318 g/mol. The first kappa shape index (κ1) is 19.4. The minimum Gasteiger partial charge on any atom is -0.473 e. The van der Waals surface area contributed by atoms with Gasteiger partial charge in [0.25, 0.3) is 0 Å². The molecule has 0 radical (unpaired) electrons. The summed E-state index contributed by atoms with van der Waals surface area (Å²) >= 11 is 5.98. The number of hydrogen-bond acceptors (Lipinski definition) is 4. The fourth-order valence-corrected chi connectivity index (χ4v) is 1.52. The molecule has 7 heteroatoms. The Morgan fingerprint density at radius 3 is 2.05 bits per heavy atom. The number of β-amino-alcohol motifs (C(OH)–C–C–N with tert-alkyl or cyclic N) is 1. The van der Waals surface area contributed by atoms with E-state index in [0.717, 1.165) is 5.56 Å². The van der Waals surface area contributed by atoms with E-state index < -0.39 is 18.0 Å². The SMILES string of the molecule is CC(C)(C)NCC(O)c1ccccc1Cl.O=C(O)C(=O)O. The molecule has 0 spiro atoms. The van der Waals surface area contributed by atoms with Crippen LogP contribution in [0.2, 0.25) is 5.02 Å². The highest BCUT2D eigenvalue weighted by atomic mass is 35.5. The molecule has 0 aliphatic carbocycles. The number of carboxylic acid groups (broad SMARTS) is 2. The standard InChI is InChI=1S/C12H18ClNO.C2H2O4/c1-12(2,3)14-8-11(15)9-6-4-5-7-10(9)13;3-1(4)2(5)6/h4-7,11,14-15H,8H2,1-3H3;(H,3,4)(H,5,6). The second kappa shape index (κ2) is 8.61. The number of halogens is 1. The van der Waals surface area contributed by atoms with E-state index in [4.69, 9.17) is 31.4 Å². The molecule has 0 aliphatic rings. The lowest BCUT2D eigenvalue weighted by molar-refractivity contribution is -0.159. The van der Waals surface area contributed by atoms with Gasteiger partial charge in [-0.25, -0.2) is 9.59 Å². The van der Waals surface area contributed by atoms with E-state index in [1.807, 2.05) is 18.2 Å². The van der Waals surface area contributed by atoms with Crippen molar-refractivity contribution < 1.29 is 24.9 Å². The van der Waals surface area contributed by atoms with E-state index in [-0.39, 0.29) is 5.54 Å². The summed E-state index contributed by atoms with van der Waals surface area (Å²) in [4.78, 5) is 18.2. The fraction of sp³-hybridized carbons (Fsp3) is 0.429. The molecule has 118 valence electrons. The van der Waals surface area contributed by atoms with Crippen LogP contribution in [0.5, 0.6) is 0 Å². The van der Waals surface area contributed by atoms with Gasteiger partial charge in [-0.15, -0.1) is 0 Å². The molecule has 0 aliphatic heterocycles. The summed E-state index contributed by atoms with van der Waals surface area (Å²) in [5.41, 5.74) is 0.776. The Labute approximate surface area is 128 Å². The maximum atomic E-state index is 9.92. The van der Waals surface area contributed by atoms with Crippen LogP contribution in [0.3, 0.4) is 0 Å². The molecular weight excluding hydrogens is 298 g/mol. The maximum Gasteiger partial charge on any atom is 0.414 e. The number of aliphatic carboxylic acids is 2. The smallest absolute Gasteiger partial charge is 0.414 e. The second-order valence-electron chi connectivity index (χ2n) is 5.28. The van der Waals surface area contributed by atoms with Crippen molar-refractivity contribution in [3.63, 3.8) is 0 Å². The van der Waals surface area contributed by atoms with Gasteiger partial charge in [-0.1, -0.05) is 29.8 Å². The number of carboxylic acids is 2. The summed E-state index contributed by atoms with van der Waals surface area (Å²) in [6.45, 7) is 6.69. The van der Waals surface area contributed by atoms with Gasteiger partial charge >= 0.3 is 11.9 Å². The molecule has 1 unspecified atom stereocenters. The van der Waals surface area contributed by atoms with Gasteiger partial charge in [-0.3, -0.25) is 0 Å². The van der Waals surface area contributed by atoms with Crippen molar-refractivity contribution in [2.45, 2.75) is 32.4 Å². The minimum absolute atomic E-state index is 0.00222. The monoisotopic (exact) mass is 317 g/mol. The summed E-state index contributed by atoms with van der Waals surface area (Å²) in [6, 6.07) is 7.37. The number of benzene rings is 1.